The summed E-state index contributed by atoms with van der Waals surface area (Å²) in [5.41, 5.74) is 0.0469. The Hall–Kier alpha value is -2.34. The zero-order chi connectivity index (χ0) is 20.3. The minimum Gasteiger partial charge on any atom is -0.506 e. The Labute approximate surface area is 166 Å². The maximum Gasteiger partial charge on any atom is 0.267 e. The number of pyridine rings is 1. The van der Waals surface area contributed by atoms with Crippen LogP contribution in [0.25, 0.3) is 10.9 Å². The minimum absolute atomic E-state index is 0.0307. The maximum atomic E-state index is 13.0. The van der Waals surface area contributed by atoms with Crippen LogP contribution in [-0.4, -0.2) is 46.2 Å². The number of aromatic nitrogens is 1. The van der Waals surface area contributed by atoms with Gasteiger partial charge < -0.3 is 19.9 Å². The number of carbonyl (C=O) groups excluding carboxylic acids is 1. The molecule has 1 aromatic carbocycles. The average Bonchev–Trinajstić information content (AvgIpc) is 2.67. The van der Waals surface area contributed by atoms with E-state index in [2.05, 4.69) is 17.1 Å². The van der Waals surface area contributed by atoms with E-state index in [4.69, 9.17) is 0 Å². The molecule has 0 radical (unpaired) electrons. The van der Waals surface area contributed by atoms with E-state index in [1.807, 2.05) is 19.9 Å². The smallest absolute Gasteiger partial charge is 0.267 e. The summed E-state index contributed by atoms with van der Waals surface area (Å²) in [7, 11) is 0. The van der Waals surface area contributed by atoms with Crippen LogP contribution in [0.3, 0.4) is 0 Å². The highest BCUT2D eigenvalue weighted by Crippen LogP contribution is 2.28. The van der Waals surface area contributed by atoms with Crippen molar-refractivity contribution >= 4 is 16.8 Å². The van der Waals surface area contributed by atoms with Crippen LogP contribution in [-0.2, 0) is 0 Å². The van der Waals surface area contributed by atoms with Gasteiger partial charge in [0.2, 0.25) is 0 Å². The quantitative estimate of drug-likeness (QED) is 0.800. The van der Waals surface area contributed by atoms with E-state index in [1.165, 1.54) is 12.8 Å². The number of para-hydroxylation sites is 1. The van der Waals surface area contributed by atoms with E-state index < -0.39 is 11.5 Å². The normalized spacial score (nSPS) is 16.0. The van der Waals surface area contributed by atoms with Gasteiger partial charge in [0, 0.05) is 30.6 Å². The monoisotopic (exact) mass is 385 g/mol. The molecule has 28 heavy (non-hydrogen) atoms. The van der Waals surface area contributed by atoms with Gasteiger partial charge in [0.1, 0.15) is 11.3 Å². The summed E-state index contributed by atoms with van der Waals surface area (Å²) < 4.78 is 1.58. The molecule has 2 aromatic rings. The Kier molecular flexibility index (Phi) is 6.39. The second-order valence-corrected chi connectivity index (χ2v) is 7.95. The zero-order valence-corrected chi connectivity index (χ0v) is 17.1. The van der Waals surface area contributed by atoms with Crippen molar-refractivity contribution in [2.75, 3.05) is 19.6 Å². The molecule has 1 aliphatic heterocycles. The number of rotatable bonds is 6. The highest BCUT2D eigenvalue weighted by atomic mass is 16.3. The fourth-order valence-electron chi connectivity index (χ4n) is 4.01. The van der Waals surface area contributed by atoms with Gasteiger partial charge in [0.05, 0.1) is 5.52 Å². The number of hydrogen-bond donors (Lipinski definition) is 2. The first-order valence-electron chi connectivity index (χ1n) is 10.3. The summed E-state index contributed by atoms with van der Waals surface area (Å²) in [6.07, 6.45) is 4.10. The molecule has 152 valence electrons. The van der Waals surface area contributed by atoms with Crippen molar-refractivity contribution in [3.8, 4) is 5.75 Å². The highest BCUT2D eigenvalue weighted by molar-refractivity contribution is 6.02. The van der Waals surface area contributed by atoms with Crippen LogP contribution in [0.2, 0.25) is 0 Å². The van der Waals surface area contributed by atoms with Gasteiger partial charge in [-0.25, -0.2) is 0 Å². The Morgan fingerprint density at radius 3 is 2.57 bits per heavy atom. The largest absolute Gasteiger partial charge is 0.506 e. The van der Waals surface area contributed by atoms with Gasteiger partial charge in [0.15, 0.2) is 0 Å². The van der Waals surface area contributed by atoms with Crippen LogP contribution in [0, 0.1) is 0 Å². The molecule has 2 N–H and O–H groups in total. The fraction of sp³-hybridized carbons (Fsp3) is 0.545. The van der Waals surface area contributed by atoms with Crippen LogP contribution in [0.4, 0.5) is 0 Å². The number of hydrogen-bond acceptors (Lipinski definition) is 4. The number of aromatic hydroxyl groups is 1. The molecule has 0 unspecified atom stereocenters. The molecule has 0 spiro atoms. The van der Waals surface area contributed by atoms with Gasteiger partial charge in [-0.05, 0) is 51.8 Å². The van der Waals surface area contributed by atoms with Crippen LogP contribution in [0.5, 0.6) is 5.75 Å². The summed E-state index contributed by atoms with van der Waals surface area (Å²) in [5, 5.41) is 14.2. The van der Waals surface area contributed by atoms with Gasteiger partial charge in [-0.2, -0.15) is 0 Å². The second-order valence-electron chi connectivity index (χ2n) is 7.95. The van der Waals surface area contributed by atoms with E-state index in [0.29, 0.717) is 10.9 Å². The van der Waals surface area contributed by atoms with Crippen LogP contribution < -0.4 is 10.9 Å². The van der Waals surface area contributed by atoms with Gasteiger partial charge in [0.25, 0.3) is 11.5 Å². The number of likely N-dealkylation sites (tertiary alicyclic amines) is 1. The van der Waals surface area contributed by atoms with Crippen molar-refractivity contribution in [3.05, 3.63) is 40.2 Å². The number of carbonyl (C=O) groups is 1. The molecule has 3 rings (SSSR count). The average molecular weight is 386 g/mol. The third kappa shape index (κ3) is 4.07. The molecule has 6 heteroatoms. The number of nitrogens with zero attached hydrogens (tertiary/aromatic N) is 2. The van der Waals surface area contributed by atoms with Crippen LogP contribution in [0.15, 0.2) is 29.1 Å². The number of unbranched alkanes of at least 4 members (excludes halogenated alkanes) is 1. The lowest BCUT2D eigenvalue weighted by Gasteiger charge is -2.32. The molecule has 1 saturated heterocycles. The Morgan fingerprint density at radius 1 is 1.25 bits per heavy atom. The van der Waals surface area contributed by atoms with E-state index >= 15 is 0 Å². The summed E-state index contributed by atoms with van der Waals surface area (Å²) >= 11 is 0. The Bertz CT molecular complexity index is 896. The zero-order valence-electron chi connectivity index (χ0n) is 17.1. The predicted molar refractivity (Wildman–Crippen MR) is 112 cm³/mol. The first-order chi connectivity index (χ1) is 13.4. The predicted octanol–water partition coefficient (Wildman–Crippen LogP) is 3.28. The molecule has 0 atom stereocenters. The van der Waals surface area contributed by atoms with Crippen molar-refractivity contribution in [2.45, 2.75) is 58.5 Å². The first-order valence-corrected chi connectivity index (χ1v) is 10.3. The molecule has 2 heterocycles. The van der Waals surface area contributed by atoms with E-state index in [9.17, 15) is 14.7 Å². The Morgan fingerprint density at radius 2 is 1.93 bits per heavy atom. The number of fused-ring (bicyclic) bond motifs is 1. The van der Waals surface area contributed by atoms with Crippen molar-refractivity contribution < 1.29 is 9.90 Å². The van der Waals surface area contributed by atoms with Crippen molar-refractivity contribution in [1.82, 2.24) is 14.8 Å². The molecular formula is C22H31N3O3. The molecule has 1 amide bonds. The van der Waals surface area contributed by atoms with Crippen molar-refractivity contribution in [1.29, 1.82) is 0 Å². The lowest BCUT2D eigenvalue weighted by atomic mass is 10.0. The summed E-state index contributed by atoms with van der Waals surface area (Å²) in [6, 6.07) is 7.07. The molecule has 1 aliphatic rings. The van der Waals surface area contributed by atoms with E-state index in [1.54, 1.807) is 22.8 Å². The van der Waals surface area contributed by atoms with Gasteiger partial charge in [-0.1, -0.05) is 25.5 Å². The maximum absolute atomic E-state index is 13.0. The van der Waals surface area contributed by atoms with Gasteiger partial charge in [-0.3, -0.25) is 9.59 Å². The number of benzene rings is 1. The number of amides is 1. The fourth-order valence-corrected chi connectivity index (χ4v) is 4.01. The molecule has 0 aliphatic carbocycles. The first kappa shape index (κ1) is 20.4. The van der Waals surface area contributed by atoms with E-state index in [-0.39, 0.29) is 23.4 Å². The third-order valence-corrected chi connectivity index (χ3v) is 5.58. The Balaban J connectivity index is 1.84. The highest BCUT2D eigenvalue weighted by Gasteiger charge is 2.26. The third-order valence-electron chi connectivity index (χ3n) is 5.58. The van der Waals surface area contributed by atoms with Gasteiger partial charge in [-0.15, -0.1) is 0 Å². The molecule has 0 bridgehead atoms. The summed E-state index contributed by atoms with van der Waals surface area (Å²) in [5.74, 6) is -0.704. The van der Waals surface area contributed by atoms with Gasteiger partial charge >= 0.3 is 0 Å². The standard InChI is InChI=1S/C22H31N3O3/c1-4-5-12-24-13-10-16(11-14-24)23-21(27)19-20(26)17-8-6-7-9-18(17)25(15(2)3)22(19)28/h6-9,15-16,26H,4-5,10-14H2,1-3H3,(H,23,27). The van der Waals surface area contributed by atoms with Crippen molar-refractivity contribution in [2.24, 2.45) is 0 Å². The SMILES string of the molecule is CCCCN1CCC(NC(=O)c2c(O)c3ccccc3n(C(C)C)c2=O)CC1. The molecule has 1 aromatic heterocycles. The molecule has 6 nitrogen and oxygen atoms in total. The number of piperidine rings is 1. The lowest BCUT2D eigenvalue weighted by molar-refractivity contribution is 0.0906. The second kappa shape index (κ2) is 8.78. The molecule has 1 fully saturated rings. The molecular weight excluding hydrogens is 354 g/mol. The summed E-state index contributed by atoms with van der Waals surface area (Å²) in [4.78, 5) is 28.4. The molecule has 0 saturated carbocycles. The van der Waals surface area contributed by atoms with Crippen molar-refractivity contribution in [3.63, 3.8) is 0 Å². The minimum atomic E-state index is -0.477. The number of nitrogens with one attached hydrogen (secondary N) is 1. The lowest BCUT2D eigenvalue weighted by Crippen LogP contribution is -2.46. The van der Waals surface area contributed by atoms with E-state index in [0.717, 1.165) is 32.5 Å². The summed E-state index contributed by atoms with van der Waals surface area (Å²) in [6.45, 7) is 8.99. The topological polar surface area (TPSA) is 74.6 Å². The van der Waals surface area contributed by atoms with Crippen LogP contribution in [0.1, 0.15) is 62.9 Å². The van der Waals surface area contributed by atoms with Crippen LogP contribution >= 0.6 is 0 Å².